The van der Waals surface area contributed by atoms with Gasteiger partial charge in [0, 0.05) is 15.7 Å². The summed E-state index contributed by atoms with van der Waals surface area (Å²) in [6.07, 6.45) is 3.67. The van der Waals surface area contributed by atoms with Crippen LogP contribution in [0.25, 0.3) is 0 Å². The summed E-state index contributed by atoms with van der Waals surface area (Å²) in [5, 5.41) is 4.70. The smallest absolute Gasteiger partial charge is 0.250 e. The number of nitrogens with one attached hydrogen (secondary N) is 1. The Bertz CT molecular complexity index is 675. The standard InChI is InChI=1S/C17H17ClN2OS2/c1-22-15-8-6-13(7-9-15)10-19-20-17(21)12-23-11-14-4-2-3-5-16(14)18/h2-10H,11-12H2,1H3,(H,20,21)/b19-10+. The molecule has 0 fully saturated rings. The van der Waals surface area contributed by atoms with Crippen molar-refractivity contribution < 1.29 is 4.79 Å². The summed E-state index contributed by atoms with van der Waals surface area (Å²) in [6, 6.07) is 15.6. The average Bonchev–Trinajstić information content (AvgIpc) is 2.57. The normalized spacial score (nSPS) is 10.9. The zero-order valence-electron chi connectivity index (χ0n) is 12.7. The molecule has 0 spiro atoms. The summed E-state index contributed by atoms with van der Waals surface area (Å²) >= 11 is 9.27. The monoisotopic (exact) mass is 364 g/mol. The van der Waals surface area contributed by atoms with Gasteiger partial charge >= 0.3 is 0 Å². The number of hydrazone groups is 1. The van der Waals surface area contributed by atoms with E-state index >= 15 is 0 Å². The SMILES string of the molecule is CSc1ccc(/C=N/NC(=O)CSCc2ccccc2Cl)cc1. The molecule has 1 N–H and O–H groups in total. The minimum Gasteiger partial charge on any atom is -0.272 e. The minimum atomic E-state index is -0.126. The molecule has 3 nitrogen and oxygen atoms in total. The number of nitrogens with zero attached hydrogens (tertiary/aromatic N) is 1. The van der Waals surface area contributed by atoms with Crippen molar-refractivity contribution in [3.8, 4) is 0 Å². The summed E-state index contributed by atoms with van der Waals surface area (Å²) in [5.41, 5.74) is 4.51. The number of hydrogen-bond acceptors (Lipinski definition) is 4. The number of halogens is 1. The van der Waals surface area contributed by atoms with E-state index in [-0.39, 0.29) is 5.91 Å². The van der Waals surface area contributed by atoms with Gasteiger partial charge in [-0.2, -0.15) is 5.10 Å². The Hall–Kier alpha value is -1.43. The first-order valence-corrected chi connectivity index (χ1v) is 9.72. The Kier molecular flexibility index (Phi) is 7.52. The molecule has 2 aromatic carbocycles. The maximum Gasteiger partial charge on any atom is 0.250 e. The van der Waals surface area contributed by atoms with Crippen molar-refractivity contribution in [2.75, 3.05) is 12.0 Å². The van der Waals surface area contributed by atoms with Crippen LogP contribution in [0.2, 0.25) is 5.02 Å². The van der Waals surface area contributed by atoms with Crippen molar-refractivity contribution in [1.82, 2.24) is 5.43 Å². The van der Waals surface area contributed by atoms with Crippen LogP contribution < -0.4 is 5.43 Å². The molecule has 0 saturated heterocycles. The molecule has 0 unspecified atom stereocenters. The Morgan fingerprint density at radius 1 is 1.22 bits per heavy atom. The predicted molar refractivity (Wildman–Crippen MR) is 102 cm³/mol. The highest BCUT2D eigenvalue weighted by atomic mass is 35.5. The number of carbonyl (C=O) groups excluding carboxylic acids is 1. The van der Waals surface area contributed by atoms with Gasteiger partial charge < -0.3 is 0 Å². The van der Waals surface area contributed by atoms with Crippen LogP contribution in [0.1, 0.15) is 11.1 Å². The number of rotatable bonds is 7. The largest absolute Gasteiger partial charge is 0.272 e. The van der Waals surface area contributed by atoms with Crippen LogP contribution in [-0.4, -0.2) is 24.1 Å². The van der Waals surface area contributed by atoms with Gasteiger partial charge in [-0.3, -0.25) is 4.79 Å². The Balaban J connectivity index is 1.72. The second kappa shape index (κ2) is 9.65. The van der Waals surface area contributed by atoms with Crippen LogP contribution in [0.3, 0.4) is 0 Å². The zero-order chi connectivity index (χ0) is 16.5. The number of carbonyl (C=O) groups is 1. The lowest BCUT2D eigenvalue weighted by molar-refractivity contribution is -0.118. The summed E-state index contributed by atoms with van der Waals surface area (Å²) in [5.74, 6) is 0.917. The highest BCUT2D eigenvalue weighted by Crippen LogP contribution is 2.20. The number of amides is 1. The molecule has 0 heterocycles. The molecular weight excluding hydrogens is 348 g/mol. The average molecular weight is 365 g/mol. The van der Waals surface area contributed by atoms with Gasteiger partial charge in [0.1, 0.15) is 0 Å². The summed E-state index contributed by atoms with van der Waals surface area (Å²) in [6.45, 7) is 0. The third kappa shape index (κ3) is 6.29. The molecule has 23 heavy (non-hydrogen) atoms. The van der Waals surface area contributed by atoms with Crippen molar-refractivity contribution in [3.63, 3.8) is 0 Å². The van der Waals surface area contributed by atoms with Crippen LogP contribution in [0.15, 0.2) is 58.5 Å². The first kappa shape index (κ1) is 17.9. The van der Waals surface area contributed by atoms with Crippen LogP contribution in [-0.2, 0) is 10.5 Å². The molecule has 0 atom stereocenters. The first-order chi connectivity index (χ1) is 11.2. The lowest BCUT2D eigenvalue weighted by Crippen LogP contribution is -2.19. The van der Waals surface area contributed by atoms with Crippen molar-refractivity contribution in [2.45, 2.75) is 10.6 Å². The Morgan fingerprint density at radius 3 is 2.65 bits per heavy atom. The first-order valence-electron chi connectivity index (χ1n) is 6.96. The maximum atomic E-state index is 11.7. The quantitative estimate of drug-likeness (QED) is 0.448. The van der Waals surface area contributed by atoms with Crippen LogP contribution >= 0.6 is 35.1 Å². The van der Waals surface area contributed by atoms with Gasteiger partial charge in [0.25, 0.3) is 0 Å². The topological polar surface area (TPSA) is 41.5 Å². The highest BCUT2D eigenvalue weighted by Gasteiger charge is 2.03. The molecule has 120 valence electrons. The molecular formula is C17H17ClN2OS2. The Labute approximate surface area is 149 Å². The van der Waals surface area contributed by atoms with Crippen molar-refractivity contribution >= 4 is 47.2 Å². The summed E-state index contributed by atoms with van der Waals surface area (Å²) < 4.78 is 0. The van der Waals surface area contributed by atoms with Gasteiger partial charge in [0.05, 0.1) is 12.0 Å². The van der Waals surface area contributed by atoms with E-state index in [1.165, 1.54) is 16.7 Å². The van der Waals surface area contributed by atoms with E-state index in [4.69, 9.17) is 11.6 Å². The summed E-state index contributed by atoms with van der Waals surface area (Å²) in [4.78, 5) is 12.9. The molecule has 2 aromatic rings. The Morgan fingerprint density at radius 2 is 1.96 bits per heavy atom. The van der Waals surface area contributed by atoms with E-state index in [0.717, 1.165) is 16.1 Å². The molecule has 2 rings (SSSR count). The molecule has 0 aliphatic carbocycles. The van der Waals surface area contributed by atoms with Gasteiger partial charge in [-0.1, -0.05) is 41.9 Å². The highest BCUT2D eigenvalue weighted by molar-refractivity contribution is 7.99. The predicted octanol–water partition coefficient (Wildman–Crippen LogP) is 4.45. The second-order valence-corrected chi connectivity index (χ2v) is 6.92. The minimum absolute atomic E-state index is 0.126. The number of benzene rings is 2. The van der Waals surface area contributed by atoms with E-state index < -0.39 is 0 Å². The molecule has 0 bridgehead atoms. The van der Waals surface area contributed by atoms with Gasteiger partial charge in [-0.05, 0) is 35.6 Å². The molecule has 0 aromatic heterocycles. The van der Waals surface area contributed by atoms with Crippen molar-refractivity contribution in [2.24, 2.45) is 5.10 Å². The lowest BCUT2D eigenvalue weighted by Gasteiger charge is -2.03. The maximum absolute atomic E-state index is 11.7. The molecule has 0 saturated carbocycles. The van der Waals surface area contributed by atoms with E-state index in [9.17, 15) is 4.79 Å². The van der Waals surface area contributed by atoms with Gasteiger partial charge in [0.15, 0.2) is 0 Å². The fourth-order valence-corrected chi connectivity index (χ4v) is 3.28. The van der Waals surface area contributed by atoms with E-state index in [1.54, 1.807) is 18.0 Å². The summed E-state index contributed by atoms with van der Waals surface area (Å²) in [7, 11) is 0. The van der Waals surface area contributed by atoms with Gasteiger partial charge in [-0.25, -0.2) is 5.43 Å². The zero-order valence-corrected chi connectivity index (χ0v) is 15.0. The fraction of sp³-hybridized carbons (Fsp3) is 0.176. The van der Waals surface area contributed by atoms with Gasteiger partial charge in [-0.15, -0.1) is 23.5 Å². The van der Waals surface area contributed by atoms with E-state index in [2.05, 4.69) is 10.5 Å². The third-order valence-electron chi connectivity index (χ3n) is 2.97. The lowest BCUT2D eigenvalue weighted by atomic mass is 10.2. The number of hydrogen-bond donors (Lipinski definition) is 1. The number of thioether (sulfide) groups is 2. The van der Waals surface area contributed by atoms with Crippen molar-refractivity contribution in [1.29, 1.82) is 0 Å². The van der Waals surface area contributed by atoms with Crippen LogP contribution in [0, 0.1) is 0 Å². The van der Waals surface area contributed by atoms with Crippen LogP contribution in [0.5, 0.6) is 0 Å². The molecule has 1 amide bonds. The molecule has 0 radical (unpaired) electrons. The fourth-order valence-electron chi connectivity index (χ4n) is 1.77. The van der Waals surface area contributed by atoms with E-state index in [0.29, 0.717) is 11.5 Å². The molecule has 0 aliphatic heterocycles. The third-order valence-corrected chi connectivity index (χ3v) is 5.06. The van der Waals surface area contributed by atoms with E-state index in [1.807, 2.05) is 54.8 Å². The molecule has 6 heteroatoms. The molecule has 0 aliphatic rings. The van der Waals surface area contributed by atoms with Gasteiger partial charge in [0.2, 0.25) is 5.91 Å². The van der Waals surface area contributed by atoms with Crippen LogP contribution in [0.4, 0.5) is 0 Å². The van der Waals surface area contributed by atoms with Crippen molar-refractivity contribution in [3.05, 3.63) is 64.7 Å². The second-order valence-electron chi connectivity index (χ2n) is 4.65.